The molecule has 0 aliphatic heterocycles. The van der Waals surface area contributed by atoms with Crippen molar-refractivity contribution in [3.63, 3.8) is 0 Å². The number of ether oxygens (including phenoxy) is 1. The zero-order valence-corrected chi connectivity index (χ0v) is 15.1. The monoisotopic (exact) mass is 375 g/mol. The number of hydrogen-bond acceptors (Lipinski definition) is 6. The molecule has 132 valence electrons. The summed E-state index contributed by atoms with van der Waals surface area (Å²) in [6, 6.07) is 3.76. The molecule has 0 aromatic heterocycles. The highest BCUT2D eigenvalue weighted by atomic mass is 35.5. The van der Waals surface area contributed by atoms with E-state index in [-0.39, 0.29) is 22.9 Å². The molecule has 1 unspecified atom stereocenters. The lowest BCUT2D eigenvalue weighted by Crippen LogP contribution is -2.24. The molecule has 9 heteroatoms. The van der Waals surface area contributed by atoms with Crippen LogP contribution in [0.2, 0.25) is 5.02 Å². The molecule has 0 spiro atoms. The van der Waals surface area contributed by atoms with E-state index in [9.17, 15) is 23.3 Å². The molecule has 0 radical (unpaired) electrons. The molecule has 0 amide bonds. The summed E-state index contributed by atoms with van der Waals surface area (Å²) in [5.41, 5.74) is -0.212. The third kappa shape index (κ3) is 4.55. The summed E-state index contributed by atoms with van der Waals surface area (Å²) < 4.78 is 29.9. The molecule has 0 aliphatic rings. The van der Waals surface area contributed by atoms with Crippen molar-refractivity contribution in [3.8, 4) is 0 Å². The molecule has 1 aromatic rings. The van der Waals surface area contributed by atoms with E-state index in [1.807, 2.05) is 0 Å². The van der Waals surface area contributed by atoms with Crippen LogP contribution in [0.1, 0.15) is 32.8 Å². The highest BCUT2D eigenvalue weighted by Crippen LogP contribution is 2.27. The third-order valence-corrected chi connectivity index (χ3v) is 5.96. The highest BCUT2D eigenvalue weighted by molar-refractivity contribution is 7.96. The Morgan fingerprint density at radius 1 is 1.42 bits per heavy atom. The summed E-state index contributed by atoms with van der Waals surface area (Å²) in [5.74, 6) is -0.990. The van der Waals surface area contributed by atoms with Gasteiger partial charge in [-0.3, -0.25) is 10.1 Å². The van der Waals surface area contributed by atoms with Crippen LogP contribution < -0.4 is 0 Å². The minimum Gasteiger partial charge on any atom is -0.462 e. The lowest BCUT2D eigenvalue weighted by molar-refractivity contribution is -0.384. The van der Waals surface area contributed by atoms with E-state index in [4.69, 9.17) is 16.3 Å². The van der Waals surface area contributed by atoms with Gasteiger partial charge in [-0.15, -0.1) is 0 Å². The number of nitrogens with zero attached hydrogens (tertiary/aromatic N) is 1. The summed E-state index contributed by atoms with van der Waals surface area (Å²) >= 11 is 5.73. The van der Waals surface area contributed by atoms with Crippen molar-refractivity contribution >= 4 is 39.2 Å². The van der Waals surface area contributed by atoms with E-state index in [1.54, 1.807) is 13.8 Å². The van der Waals surface area contributed by atoms with Crippen LogP contribution in [0.5, 0.6) is 0 Å². The topological polar surface area (TPSA) is 104 Å². The van der Waals surface area contributed by atoms with E-state index in [0.29, 0.717) is 6.42 Å². The summed E-state index contributed by atoms with van der Waals surface area (Å²) in [6.07, 6.45) is 1.38. The molecule has 0 saturated carbocycles. The number of esters is 1. The van der Waals surface area contributed by atoms with Crippen molar-refractivity contribution in [1.29, 1.82) is 0 Å². The van der Waals surface area contributed by atoms with Crippen LogP contribution >= 0.6 is 11.6 Å². The SMILES string of the molecule is CCOC(=O)/C(=C\c1ccc(Cl)c([N+](=O)[O-])c1)S(=O)(=O)C(C)CC. The van der Waals surface area contributed by atoms with Crippen LogP contribution in [0, 0.1) is 10.1 Å². The van der Waals surface area contributed by atoms with Gasteiger partial charge in [0.15, 0.2) is 14.7 Å². The molecule has 0 fully saturated rings. The van der Waals surface area contributed by atoms with E-state index in [0.717, 1.165) is 12.1 Å². The maximum atomic E-state index is 12.5. The Hall–Kier alpha value is -1.93. The molecular formula is C15H18ClNO6S. The Bertz CT molecular complexity index is 772. The summed E-state index contributed by atoms with van der Waals surface area (Å²) in [6.45, 7) is 4.72. The van der Waals surface area contributed by atoms with Crippen molar-refractivity contribution in [3.05, 3.63) is 43.8 Å². The minimum atomic E-state index is -3.93. The van der Waals surface area contributed by atoms with Gasteiger partial charge in [0.25, 0.3) is 5.69 Å². The van der Waals surface area contributed by atoms with Gasteiger partial charge in [-0.2, -0.15) is 0 Å². The Labute approximate surface area is 145 Å². The van der Waals surface area contributed by atoms with Gasteiger partial charge in [0, 0.05) is 6.07 Å². The fraction of sp³-hybridized carbons (Fsp3) is 0.400. The average Bonchev–Trinajstić information content (AvgIpc) is 2.52. The number of benzene rings is 1. The van der Waals surface area contributed by atoms with Crippen molar-refractivity contribution in [2.75, 3.05) is 6.61 Å². The first-order valence-corrected chi connectivity index (χ1v) is 9.14. The van der Waals surface area contributed by atoms with E-state index in [2.05, 4.69) is 0 Å². The molecule has 1 aromatic carbocycles. The second-order valence-corrected chi connectivity index (χ2v) is 7.70. The maximum absolute atomic E-state index is 12.5. The molecular weight excluding hydrogens is 358 g/mol. The molecule has 1 rings (SSSR count). The van der Waals surface area contributed by atoms with E-state index >= 15 is 0 Å². The number of carbonyl (C=O) groups is 1. The fourth-order valence-corrected chi connectivity index (χ4v) is 3.46. The first kappa shape index (κ1) is 20.1. The van der Waals surface area contributed by atoms with Crippen LogP contribution in [-0.4, -0.2) is 31.2 Å². The standard InChI is InChI=1S/C15H18ClNO6S/c1-4-10(3)24(21,22)14(15(18)23-5-2)9-11-6-7-12(16)13(8-11)17(19)20/h6-10H,4-5H2,1-3H3/b14-9+. The normalized spacial score (nSPS) is 13.4. The molecule has 0 bridgehead atoms. The van der Waals surface area contributed by atoms with Gasteiger partial charge in [-0.1, -0.05) is 24.6 Å². The third-order valence-electron chi connectivity index (χ3n) is 3.35. The van der Waals surface area contributed by atoms with Gasteiger partial charge in [-0.05, 0) is 38.0 Å². The number of halogens is 1. The minimum absolute atomic E-state index is 0.00691. The van der Waals surface area contributed by atoms with Gasteiger partial charge in [0.2, 0.25) is 0 Å². The highest BCUT2D eigenvalue weighted by Gasteiger charge is 2.31. The number of hydrogen-bond donors (Lipinski definition) is 0. The summed E-state index contributed by atoms with van der Waals surface area (Å²) in [5, 5.41) is 10.1. The van der Waals surface area contributed by atoms with E-state index < -0.39 is 30.9 Å². The molecule has 7 nitrogen and oxygen atoms in total. The fourth-order valence-electron chi connectivity index (χ4n) is 1.81. The average molecular weight is 376 g/mol. The quantitative estimate of drug-likeness (QED) is 0.313. The van der Waals surface area contributed by atoms with Gasteiger partial charge >= 0.3 is 5.97 Å². The molecule has 0 heterocycles. The number of carbonyl (C=O) groups excluding carboxylic acids is 1. The van der Waals surface area contributed by atoms with Crippen LogP contribution in [0.25, 0.3) is 6.08 Å². The predicted molar refractivity (Wildman–Crippen MR) is 91.4 cm³/mol. The van der Waals surface area contributed by atoms with Crippen LogP contribution in [0.4, 0.5) is 5.69 Å². The van der Waals surface area contributed by atoms with Crippen LogP contribution in [-0.2, 0) is 19.4 Å². The maximum Gasteiger partial charge on any atom is 0.349 e. The summed E-state index contributed by atoms with van der Waals surface area (Å²) in [7, 11) is -3.93. The zero-order valence-electron chi connectivity index (χ0n) is 13.5. The Kier molecular flexibility index (Phi) is 6.92. The number of nitro benzene ring substituents is 1. The second kappa shape index (κ2) is 8.25. The molecule has 0 saturated heterocycles. The predicted octanol–water partition coefficient (Wildman–Crippen LogP) is 3.37. The number of rotatable bonds is 7. The van der Waals surface area contributed by atoms with Crippen molar-refractivity contribution in [1.82, 2.24) is 0 Å². The number of nitro groups is 1. The van der Waals surface area contributed by atoms with Crippen molar-refractivity contribution < 1.29 is 22.9 Å². The van der Waals surface area contributed by atoms with Gasteiger partial charge < -0.3 is 4.74 Å². The van der Waals surface area contributed by atoms with Gasteiger partial charge in [-0.25, -0.2) is 13.2 Å². The van der Waals surface area contributed by atoms with Crippen LogP contribution in [0.15, 0.2) is 23.1 Å². The molecule has 0 N–H and O–H groups in total. The smallest absolute Gasteiger partial charge is 0.349 e. The van der Waals surface area contributed by atoms with Crippen molar-refractivity contribution in [2.24, 2.45) is 0 Å². The summed E-state index contributed by atoms with van der Waals surface area (Å²) in [4.78, 5) is 21.8. The molecule has 24 heavy (non-hydrogen) atoms. The van der Waals surface area contributed by atoms with Crippen molar-refractivity contribution in [2.45, 2.75) is 32.4 Å². The Balaban J connectivity index is 3.50. The second-order valence-electron chi connectivity index (χ2n) is 4.96. The zero-order chi connectivity index (χ0) is 18.5. The lowest BCUT2D eigenvalue weighted by Gasteiger charge is -2.13. The molecule has 1 atom stereocenters. The first-order valence-electron chi connectivity index (χ1n) is 7.21. The van der Waals surface area contributed by atoms with Gasteiger partial charge in [0.05, 0.1) is 16.8 Å². The Morgan fingerprint density at radius 3 is 2.54 bits per heavy atom. The largest absolute Gasteiger partial charge is 0.462 e. The van der Waals surface area contributed by atoms with Gasteiger partial charge in [0.1, 0.15) is 5.02 Å². The first-order chi connectivity index (χ1) is 11.1. The van der Waals surface area contributed by atoms with E-state index in [1.165, 1.54) is 19.1 Å². The Morgan fingerprint density at radius 2 is 2.04 bits per heavy atom. The lowest BCUT2D eigenvalue weighted by atomic mass is 10.2. The van der Waals surface area contributed by atoms with Crippen LogP contribution in [0.3, 0.4) is 0 Å². The molecule has 0 aliphatic carbocycles. The number of sulfone groups is 1.